The molecule has 0 radical (unpaired) electrons. The second-order valence-corrected chi connectivity index (χ2v) is 7.86. The van der Waals surface area contributed by atoms with E-state index in [0.29, 0.717) is 18.9 Å². The molecule has 140 valence electrons. The Labute approximate surface area is 155 Å². The van der Waals surface area contributed by atoms with Crippen LogP contribution in [0.25, 0.3) is 0 Å². The second kappa shape index (κ2) is 8.04. The first-order valence-electron chi connectivity index (χ1n) is 7.87. The number of nitrogens with zero attached hydrogens (tertiary/aromatic N) is 2. The molecular formula is C15H18ClN5O4S. The highest BCUT2D eigenvalue weighted by atomic mass is 35.5. The fraction of sp³-hybridized carbons (Fsp3) is 0.333. The quantitative estimate of drug-likeness (QED) is 0.702. The Bertz CT molecular complexity index is 866. The molecule has 0 spiro atoms. The number of aromatic nitrogens is 2. The summed E-state index contributed by atoms with van der Waals surface area (Å²) in [4.78, 5) is 11.9. The van der Waals surface area contributed by atoms with Crippen molar-refractivity contribution in [3.05, 3.63) is 41.2 Å². The summed E-state index contributed by atoms with van der Waals surface area (Å²) < 4.78 is 32.1. The van der Waals surface area contributed by atoms with Crippen LogP contribution in [-0.2, 0) is 21.3 Å². The van der Waals surface area contributed by atoms with Crippen LogP contribution in [0.5, 0.6) is 0 Å². The van der Waals surface area contributed by atoms with Gasteiger partial charge in [-0.3, -0.25) is 5.10 Å². The predicted molar refractivity (Wildman–Crippen MR) is 95.5 cm³/mol. The minimum atomic E-state index is -3.76. The fourth-order valence-electron chi connectivity index (χ4n) is 2.44. The Kier molecular flexibility index (Phi) is 5.77. The summed E-state index contributed by atoms with van der Waals surface area (Å²) in [6.45, 7) is 1.47. The van der Waals surface area contributed by atoms with E-state index in [9.17, 15) is 13.2 Å². The molecule has 26 heavy (non-hydrogen) atoms. The molecule has 1 aromatic carbocycles. The lowest BCUT2D eigenvalue weighted by Crippen LogP contribution is -2.40. The summed E-state index contributed by atoms with van der Waals surface area (Å²) >= 11 is 6.09. The normalized spacial score (nSPS) is 15.6. The highest BCUT2D eigenvalue weighted by Crippen LogP contribution is 2.28. The lowest BCUT2D eigenvalue weighted by Gasteiger charge is -2.26. The van der Waals surface area contributed by atoms with E-state index in [0.717, 1.165) is 5.69 Å². The molecule has 0 saturated carbocycles. The van der Waals surface area contributed by atoms with Crippen molar-refractivity contribution in [2.45, 2.75) is 11.4 Å². The molecule has 0 bridgehead atoms. The van der Waals surface area contributed by atoms with Crippen LogP contribution >= 0.6 is 11.6 Å². The van der Waals surface area contributed by atoms with E-state index in [2.05, 4.69) is 20.8 Å². The van der Waals surface area contributed by atoms with Gasteiger partial charge in [-0.25, -0.2) is 13.2 Å². The number of hydrogen-bond acceptors (Lipinski definition) is 5. The maximum absolute atomic E-state index is 12.8. The van der Waals surface area contributed by atoms with Crippen molar-refractivity contribution >= 4 is 33.3 Å². The van der Waals surface area contributed by atoms with Crippen LogP contribution in [0.4, 0.5) is 10.5 Å². The number of nitrogens with one attached hydrogen (secondary N) is 3. The maximum Gasteiger partial charge on any atom is 0.319 e. The van der Waals surface area contributed by atoms with Crippen LogP contribution in [0.3, 0.4) is 0 Å². The summed E-state index contributed by atoms with van der Waals surface area (Å²) in [6.07, 6.45) is 1.58. The molecular weight excluding hydrogens is 382 g/mol. The molecule has 2 aromatic rings. The number of carbonyl (C=O) groups is 1. The molecule has 1 aliphatic rings. The third kappa shape index (κ3) is 4.33. The van der Waals surface area contributed by atoms with Gasteiger partial charge in [-0.15, -0.1) is 0 Å². The van der Waals surface area contributed by atoms with Gasteiger partial charge in [0.25, 0.3) is 0 Å². The number of urea groups is 1. The number of anilines is 1. The zero-order valence-corrected chi connectivity index (χ0v) is 15.3. The Morgan fingerprint density at radius 2 is 2.08 bits per heavy atom. The number of sulfonamides is 1. The molecule has 0 atom stereocenters. The SMILES string of the molecule is O=C(NCc1ccn[nH]1)Nc1ccc(Cl)c(S(=O)(=O)N2CCOCC2)c1. The van der Waals surface area contributed by atoms with Crippen LogP contribution in [0.1, 0.15) is 5.69 Å². The van der Waals surface area contributed by atoms with E-state index >= 15 is 0 Å². The van der Waals surface area contributed by atoms with Gasteiger partial charge in [0.05, 0.1) is 30.5 Å². The number of hydrogen-bond donors (Lipinski definition) is 3. The third-order valence-electron chi connectivity index (χ3n) is 3.77. The molecule has 1 fully saturated rings. The topological polar surface area (TPSA) is 116 Å². The van der Waals surface area contributed by atoms with Gasteiger partial charge < -0.3 is 15.4 Å². The molecule has 0 unspecified atom stereocenters. The molecule has 3 rings (SSSR count). The summed E-state index contributed by atoms with van der Waals surface area (Å²) in [5, 5.41) is 11.8. The van der Waals surface area contributed by atoms with Gasteiger partial charge in [-0.05, 0) is 24.3 Å². The number of ether oxygens (including phenoxy) is 1. The van der Waals surface area contributed by atoms with E-state index in [1.54, 1.807) is 12.3 Å². The lowest BCUT2D eigenvalue weighted by molar-refractivity contribution is 0.0730. The summed E-state index contributed by atoms with van der Waals surface area (Å²) in [6, 6.07) is 5.59. The van der Waals surface area contributed by atoms with E-state index in [1.807, 2.05) is 0 Å². The van der Waals surface area contributed by atoms with Crippen molar-refractivity contribution in [3.63, 3.8) is 0 Å². The Balaban J connectivity index is 1.71. The van der Waals surface area contributed by atoms with Crippen molar-refractivity contribution in [3.8, 4) is 0 Å². The molecule has 2 heterocycles. The fourth-order valence-corrected chi connectivity index (χ4v) is 4.35. The number of amides is 2. The van der Waals surface area contributed by atoms with Crippen molar-refractivity contribution in [1.82, 2.24) is 19.8 Å². The van der Waals surface area contributed by atoms with Crippen molar-refractivity contribution < 1.29 is 17.9 Å². The van der Waals surface area contributed by atoms with Gasteiger partial charge in [0.2, 0.25) is 10.0 Å². The zero-order chi connectivity index (χ0) is 18.6. The molecule has 1 aromatic heterocycles. The molecule has 2 amide bonds. The molecule has 3 N–H and O–H groups in total. The summed E-state index contributed by atoms with van der Waals surface area (Å²) in [5.41, 5.74) is 1.06. The monoisotopic (exact) mass is 399 g/mol. The van der Waals surface area contributed by atoms with Crippen LogP contribution in [-0.4, -0.2) is 55.3 Å². The average molecular weight is 400 g/mol. The van der Waals surface area contributed by atoms with E-state index in [1.165, 1.54) is 22.5 Å². The smallest absolute Gasteiger partial charge is 0.319 e. The Hall–Kier alpha value is -2.14. The van der Waals surface area contributed by atoms with Gasteiger partial charge in [0.15, 0.2) is 0 Å². The minimum Gasteiger partial charge on any atom is -0.379 e. The van der Waals surface area contributed by atoms with Crippen LogP contribution in [0.2, 0.25) is 5.02 Å². The first-order valence-corrected chi connectivity index (χ1v) is 9.69. The Morgan fingerprint density at radius 3 is 2.77 bits per heavy atom. The van der Waals surface area contributed by atoms with Gasteiger partial charge in [0, 0.05) is 25.0 Å². The molecule has 1 aliphatic heterocycles. The van der Waals surface area contributed by atoms with Gasteiger partial charge in [-0.2, -0.15) is 9.40 Å². The first kappa shape index (κ1) is 18.6. The lowest BCUT2D eigenvalue weighted by atomic mass is 10.3. The first-order chi connectivity index (χ1) is 12.5. The third-order valence-corrected chi connectivity index (χ3v) is 6.15. The van der Waals surface area contributed by atoms with E-state index < -0.39 is 16.1 Å². The minimum absolute atomic E-state index is 0.0487. The predicted octanol–water partition coefficient (Wildman–Crippen LogP) is 1.41. The second-order valence-electron chi connectivity index (χ2n) is 5.55. The van der Waals surface area contributed by atoms with Crippen LogP contribution in [0.15, 0.2) is 35.4 Å². The van der Waals surface area contributed by atoms with Gasteiger partial charge in [0.1, 0.15) is 4.90 Å². The van der Waals surface area contributed by atoms with E-state index in [4.69, 9.17) is 16.3 Å². The zero-order valence-electron chi connectivity index (χ0n) is 13.7. The number of aromatic amines is 1. The summed E-state index contributed by atoms with van der Waals surface area (Å²) in [7, 11) is -3.76. The Morgan fingerprint density at radius 1 is 1.31 bits per heavy atom. The van der Waals surface area contributed by atoms with Crippen LogP contribution < -0.4 is 10.6 Å². The number of carbonyl (C=O) groups excluding carboxylic acids is 1. The number of benzene rings is 1. The largest absolute Gasteiger partial charge is 0.379 e. The van der Waals surface area contributed by atoms with Crippen molar-refractivity contribution in [1.29, 1.82) is 0 Å². The van der Waals surface area contributed by atoms with Gasteiger partial charge >= 0.3 is 6.03 Å². The number of H-pyrrole nitrogens is 1. The molecule has 11 heteroatoms. The molecule has 9 nitrogen and oxygen atoms in total. The highest BCUT2D eigenvalue weighted by Gasteiger charge is 2.28. The maximum atomic E-state index is 12.8. The highest BCUT2D eigenvalue weighted by molar-refractivity contribution is 7.89. The average Bonchev–Trinajstić information content (AvgIpc) is 3.16. The standard InChI is InChI=1S/C15H18ClN5O4S/c16-13-2-1-11(19-15(22)17-10-12-3-4-18-20-12)9-14(13)26(23,24)21-5-7-25-8-6-21/h1-4,9H,5-8,10H2,(H,18,20)(H2,17,19,22). The van der Waals surface area contributed by atoms with E-state index in [-0.39, 0.29) is 29.6 Å². The summed E-state index contributed by atoms with van der Waals surface area (Å²) in [5.74, 6) is 0. The van der Waals surface area contributed by atoms with Crippen molar-refractivity contribution in [2.75, 3.05) is 31.6 Å². The van der Waals surface area contributed by atoms with Crippen molar-refractivity contribution in [2.24, 2.45) is 0 Å². The van der Waals surface area contributed by atoms with Gasteiger partial charge in [-0.1, -0.05) is 11.6 Å². The van der Waals surface area contributed by atoms with Crippen LogP contribution in [0, 0.1) is 0 Å². The number of halogens is 1. The number of rotatable bonds is 5. The molecule has 1 saturated heterocycles. The number of morpholine rings is 1. The molecule has 0 aliphatic carbocycles.